The molecule has 2 aliphatic rings. The van der Waals surface area contributed by atoms with E-state index in [1.807, 2.05) is 12.1 Å². The molecular weight excluding hydrogens is 304 g/mol. The van der Waals surface area contributed by atoms with E-state index in [0.717, 1.165) is 16.9 Å². The Labute approximate surface area is 147 Å². The van der Waals surface area contributed by atoms with Crippen LogP contribution in [0.1, 0.15) is 29.2 Å². The van der Waals surface area contributed by atoms with Crippen LogP contribution in [0.25, 0.3) is 16.7 Å². The summed E-state index contributed by atoms with van der Waals surface area (Å²) in [5.74, 6) is 3.56. The van der Waals surface area contributed by atoms with E-state index >= 15 is 0 Å². The lowest BCUT2D eigenvalue weighted by Crippen LogP contribution is -2.33. The highest BCUT2D eigenvalue weighted by atomic mass is 16.5. The Kier molecular flexibility index (Phi) is 2.76. The van der Waals surface area contributed by atoms with Crippen LogP contribution in [0, 0.1) is 12.3 Å². The number of allylic oxidation sites excluding steroid dienone is 1. The van der Waals surface area contributed by atoms with Gasteiger partial charge in [0.2, 0.25) is 0 Å². The molecule has 1 heteroatoms. The van der Waals surface area contributed by atoms with Crippen LogP contribution in [0.5, 0.6) is 5.75 Å². The average molecular weight is 320 g/mol. The van der Waals surface area contributed by atoms with Crippen molar-refractivity contribution in [3.05, 3.63) is 95.1 Å². The van der Waals surface area contributed by atoms with E-state index in [1.54, 1.807) is 0 Å². The second kappa shape index (κ2) is 4.88. The summed E-state index contributed by atoms with van der Waals surface area (Å²) < 4.78 is 6.67. The Hall–Kier alpha value is -3.24. The third kappa shape index (κ3) is 1.80. The molecule has 118 valence electrons. The summed E-state index contributed by atoms with van der Waals surface area (Å²) >= 11 is 0. The molecule has 25 heavy (non-hydrogen) atoms. The van der Waals surface area contributed by atoms with Crippen molar-refractivity contribution in [1.82, 2.24) is 0 Å². The van der Waals surface area contributed by atoms with Gasteiger partial charge in [-0.15, -0.1) is 6.42 Å². The molecule has 1 spiro atoms. The van der Waals surface area contributed by atoms with E-state index < -0.39 is 5.60 Å². The molecule has 1 nitrogen and oxygen atoms in total. The maximum Gasteiger partial charge on any atom is 0.179 e. The average Bonchev–Trinajstić information content (AvgIpc) is 2.92. The van der Waals surface area contributed by atoms with Crippen molar-refractivity contribution in [2.45, 2.75) is 12.5 Å². The van der Waals surface area contributed by atoms with Crippen molar-refractivity contribution in [3.8, 4) is 29.2 Å². The zero-order chi connectivity index (χ0) is 17.0. The Morgan fingerprint density at radius 1 is 0.840 bits per heavy atom. The van der Waals surface area contributed by atoms with Gasteiger partial charge in [0.1, 0.15) is 5.75 Å². The van der Waals surface area contributed by atoms with Gasteiger partial charge in [0.25, 0.3) is 0 Å². The molecule has 0 bridgehead atoms. The monoisotopic (exact) mass is 320 g/mol. The van der Waals surface area contributed by atoms with Gasteiger partial charge >= 0.3 is 0 Å². The Bertz CT molecular complexity index is 1050. The van der Waals surface area contributed by atoms with Crippen molar-refractivity contribution in [3.63, 3.8) is 0 Å². The van der Waals surface area contributed by atoms with E-state index in [0.29, 0.717) is 0 Å². The smallest absolute Gasteiger partial charge is 0.179 e. The van der Waals surface area contributed by atoms with Crippen LogP contribution >= 0.6 is 0 Å². The Morgan fingerprint density at radius 3 is 2.12 bits per heavy atom. The van der Waals surface area contributed by atoms with E-state index in [2.05, 4.69) is 73.5 Å². The van der Waals surface area contributed by atoms with Crippen LogP contribution in [0.2, 0.25) is 0 Å². The van der Waals surface area contributed by atoms with Gasteiger partial charge in [-0.3, -0.25) is 0 Å². The summed E-state index contributed by atoms with van der Waals surface area (Å²) in [5.41, 5.74) is 7.40. The second-order valence-corrected chi connectivity index (χ2v) is 6.61. The number of ether oxygens (including phenoxy) is 1. The quantitative estimate of drug-likeness (QED) is 0.505. The molecule has 0 amide bonds. The predicted octanol–water partition coefficient (Wildman–Crippen LogP) is 5.39. The molecule has 0 fully saturated rings. The van der Waals surface area contributed by atoms with Gasteiger partial charge in [-0.2, -0.15) is 0 Å². The molecule has 0 N–H and O–H groups in total. The molecule has 0 saturated heterocycles. The minimum atomic E-state index is -0.586. The van der Waals surface area contributed by atoms with Gasteiger partial charge < -0.3 is 4.74 Å². The van der Waals surface area contributed by atoms with Crippen LogP contribution in [0.3, 0.4) is 0 Å². The molecule has 5 rings (SSSR count). The van der Waals surface area contributed by atoms with Gasteiger partial charge in [0, 0.05) is 22.3 Å². The van der Waals surface area contributed by atoms with Crippen molar-refractivity contribution in [2.24, 2.45) is 0 Å². The summed E-state index contributed by atoms with van der Waals surface area (Å²) in [4.78, 5) is 0. The first-order valence-corrected chi connectivity index (χ1v) is 8.42. The number of terminal acetylenes is 1. The lowest BCUT2D eigenvalue weighted by atomic mass is 9.85. The maximum absolute atomic E-state index is 6.67. The van der Waals surface area contributed by atoms with E-state index in [-0.39, 0.29) is 0 Å². The van der Waals surface area contributed by atoms with Gasteiger partial charge in [-0.25, -0.2) is 0 Å². The first kappa shape index (κ1) is 14.1. The number of hydrogen-bond donors (Lipinski definition) is 0. The molecule has 0 atom stereocenters. The first-order valence-electron chi connectivity index (χ1n) is 8.42. The van der Waals surface area contributed by atoms with Crippen molar-refractivity contribution < 1.29 is 4.74 Å². The normalized spacial score (nSPS) is 15.4. The SMILES string of the molecule is C#Cc1ccc2c(c1)OC1(C=C2C)c2ccccc2-c2ccccc21. The number of fused-ring (bicyclic) bond motifs is 6. The third-order valence-electron chi connectivity index (χ3n) is 5.21. The van der Waals surface area contributed by atoms with Crippen LogP contribution in [-0.4, -0.2) is 0 Å². The number of hydrogen-bond acceptors (Lipinski definition) is 1. The lowest BCUT2D eigenvalue weighted by Gasteiger charge is -2.35. The molecule has 3 aromatic rings. The van der Waals surface area contributed by atoms with Gasteiger partial charge in [-0.1, -0.05) is 54.5 Å². The summed E-state index contributed by atoms with van der Waals surface area (Å²) in [6, 6.07) is 23.0. The topological polar surface area (TPSA) is 9.23 Å². The highest BCUT2D eigenvalue weighted by Crippen LogP contribution is 2.54. The van der Waals surface area contributed by atoms with Gasteiger partial charge in [-0.05, 0) is 47.9 Å². The van der Waals surface area contributed by atoms with E-state index in [1.165, 1.54) is 27.8 Å². The van der Waals surface area contributed by atoms with Gasteiger partial charge in [0.05, 0.1) is 0 Å². The third-order valence-corrected chi connectivity index (χ3v) is 5.21. The maximum atomic E-state index is 6.67. The van der Waals surface area contributed by atoms with E-state index in [9.17, 15) is 0 Å². The fourth-order valence-corrected chi connectivity index (χ4v) is 4.10. The molecule has 1 heterocycles. The van der Waals surface area contributed by atoms with Crippen molar-refractivity contribution >= 4 is 5.57 Å². The van der Waals surface area contributed by atoms with Crippen molar-refractivity contribution in [2.75, 3.05) is 0 Å². The summed E-state index contributed by atoms with van der Waals surface area (Å²) in [6.45, 7) is 2.14. The minimum Gasteiger partial charge on any atom is -0.473 e. The lowest BCUT2D eigenvalue weighted by molar-refractivity contribution is 0.165. The highest BCUT2D eigenvalue weighted by molar-refractivity contribution is 5.85. The van der Waals surface area contributed by atoms with Crippen LogP contribution < -0.4 is 4.74 Å². The molecular formula is C24H16O. The fourth-order valence-electron chi connectivity index (χ4n) is 4.10. The molecule has 0 unspecified atom stereocenters. The fraction of sp³-hybridized carbons (Fsp3) is 0.0833. The van der Waals surface area contributed by atoms with Crippen LogP contribution in [0.4, 0.5) is 0 Å². The first-order chi connectivity index (χ1) is 12.2. The zero-order valence-corrected chi connectivity index (χ0v) is 13.9. The van der Waals surface area contributed by atoms with Crippen LogP contribution in [-0.2, 0) is 5.60 Å². The summed E-state index contributed by atoms with van der Waals surface area (Å²) in [5, 5.41) is 0. The molecule has 0 aromatic heterocycles. The molecule has 3 aromatic carbocycles. The predicted molar refractivity (Wildman–Crippen MR) is 101 cm³/mol. The van der Waals surface area contributed by atoms with Gasteiger partial charge in [0.15, 0.2) is 5.60 Å². The molecule has 0 saturated carbocycles. The molecule has 1 aliphatic carbocycles. The zero-order valence-electron chi connectivity index (χ0n) is 13.9. The Morgan fingerprint density at radius 2 is 1.48 bits per heavy atom. The number of benzene rings is 3. The molecule has 1 aliphatic heterocycles. The molecule has 0 radical (unpaired) electrons. The minimum absolute atomic E-state index is 0.586. The largest absolute Gasteiger partial charge is 0.473 e. The summed E-state index contributed by atoms with van der Waals surface area (Å²) in [7, 11) is 0. The van der Waals surface area contributed by atoms with Crippen molar-refractivity contribution in [1.29, 1.82) is 0 Å². The summed E-state index contributed by atoms with van der Waals surface area (Å²) in [6.07, 6.45) is 7.84. The second-order valence-electron chi connectivity index (χ2n) is 6.61. The standard InChI is InChI=1S/C24H16O/c1-3-17-12-13-18-16(2)15-24(25-23(18)14-17)21-10-6-4-8-19(21)20-9-5-7-11-22(20)24/h1,4-15H,2H3. The number of rotatable bonds is 0. The van der Waals surface area contributed by atoms with Crippen LogP contribution in [0.15, 0.2) is 72.8 Å². The highest BCUT2D eigenvalue weighted by Gasteiger charge is 2.45. The van der Waals surface area contributed by atoms with E-state index in [4.69, 9.17) is 11.2 Å². The Balaban J connectivity index is 1.83.